The molecule has 3 nitrogen and oxygen atoms in total. The van der Waals surface area contributed by atoms with Crippen LogP contribution in [-0.4, -0.2) is 15.6 Å². The molecule has 1 aromatic heterocycles. The number of benzene rings is 1. The van der Waals surface area contributed by atoms with Crippen LogP contribution in [-0.2, 0) is 17.8 Å². The largest absolute Gasteiger partial charge is 0.481 e. The van der Waals surface area contributed by atoms with Crippen LogP contribution in [0.1, 0.15) is 18.5 Å². The van der Waals surface area contributed by atoms with E-state index in [9.17, 15) is 4.79 Å². The topological polar surface area (TPSA) is 42.2 Å². The summed E-state index contributed by atoms with van der Waals surface area (Å²) in [6.45, 7) is 0.937. The molecule has 0 saturated carbocycles. The zero-order valence-electron chi connectivity index (χ0n) is 9.60. The van der Waals surface area contributed by atoms with Gasteiger partial charge in [-0.25, -0.2) is 0 Å². The Morgan fingerprint density at radius 3 is 3.00 bits per heavy atom. The van der Waals surface area contributed by atoms with Gasteiger partial charge in [-0.1, -0.05) is 18.2 Å². The van der Waals surface area contributed by atoms with Gasteiger partial charge >= 0.3 is 5.97 Å². The Kier molecular flexibility index (Phi) is 2.39. The normalized spacial score (nSPS) is 19.9. The van der Waals surface area contributed by atoms with E-state index in [1.54, 1.807) is 0 Å². The summed E-state index contributed by atoms with van der Waals surface area (Å²) < 4.78 is 2.28. The molecule has 0 radical (unpaired) electrons. The van der Waals surface area contributed by atoms with Gasteiger partial charge in [-0.15, -0.1) is 0 Å². The van der Waals surface area contributed by atoms with Gasteiger partial charge in [0.25, 0.3) is 0 Å². The van der Waals surface area contributed by atoms with E-state index in [2.05, 4.69) is 22.8 Å². The van der Waals surface area contributed by atoms with Crippen molar-refractivity contribution in [3.8, 4) is 0 Å². The molecule has 2 heterocycles. The number of aliphatic carboxylic acids is 1. The summed E-state index contributed by atoms with van der Waals surface area (Å²) in [7, 11) is 0. The zero-order valence-corrected chi connectivity index (χ0v) is 9.60. The lowest BCUT2D eigenvalue weighted by Gasteiger charge is -2.07. The van der Waals surface area contributed by atoms with Crippen molar-refractivity contribution in [3.63, 3.8) is 0 Å². The highest BCUT2D eigenvalue weighted by Gasteiger charge is 2.23. The molecule has 1 atom stereocenters. The second-order valence-corrected chi connectivity index (χ2v) is 4.73. The molecule has 17 heavy (non-hydrogen) atoms. The van der Waals surface area contributed by atoms with Crippen LogP contribution in [0.5, 0.6) is 0 Å². The number of rotatable bonds is 1. The highest BCUT2D eigenvalue weighted by Crippen LogP contribution is 2.27. The summed E-state index contributed by atoms with van der Waals surface area (Å²) >= 11 is 0. The summed E-state index contributed by atoms with van der Waals surface area (Å²) in [5.74, 6) is -0.885. The van der Waals surface area contributed by atoms with Crippen LogP contribution in [0.15, 0.2) is 30.3 Å². The number of carboxylic acid groups (broad SMARTS) is 1. The van der Waals surface area contributed by atoms with Crippen molar-refractivity contribution in [2.45, 2.75) is 25.8 Å². The van der Waals surface area contributed by atoms with E-state index in [1.165, 1.54) is 10.9 Å². The lowest BCUT2D eigenvalue weighted by molar-refractivity contribution is -0.141. The summed E-state index contributed by atoms with van der Waals surface area (Å²) in [6.07, 6.45) is 2.39. The van der Waals surface area contributed by atoms with Crippen LogP contribution in [0.4, 0.5) is 0 Å². The van der Waals surface area contributed by atoms with Gasteiger partial charge in [0, 0.05) is 24.2 Å². The molecule has 0 saturated heterocycles. The number of fused-ring (bicyclic) bond motifs is 3. The Morgan fingerprint density at radius 2 is 2.18 bits per heavy atom. The van der Waals surface area contributed by atoms with E-state index in [1.807, 2.05) is 12.1 Å². The molecule has 1 unspecified atom stereocenters. The predicted octanol–water partition coefficient (Wildman–Crippen LogP) is 2.68. The maximum absolute atomic E-state index is 11.1. The maximum Gasteiger partial charge on any atom is 0.306 e. The van der Waals surface area contributed by atoms with Crippen molar-refractivity contribution in [3.05, 3.63) is 36.0 Å². The quantitative estimate of drug-likeness (QED) is 0.816. The van der Waals surface area contributed by atoms with Crippen molar-refractivity contribution in [2.24, 2.45) is 5.92 Å². The van der Waals surface area contributed by atoms with Gasteiger partial charge in [0.2, 0.25) is 0 Å². The number of nitrogens with zero attached hydrogens (tertiary/aromatic N) is 1. The molecule has 0 fully saturated rings. The third-order valence-electron chi connectivity index (χ3n) is 3.64. The van der Waals surface area contributed by atoms with Gasteiger partial charge in [0.15, 0.2) is 0 Å². The molecule has 0 amide bonds. The molecule has 1 N–H and O–H groups in total. The van der Waals surface area contributed by atoms with Crippen LogP contribution in [0, 0.1) is 5.92 Å². The average Bonchev–Trinajstić information content (AvgIpc) is 2.53. The lowest BCUT2D eigenvalue weighted by Crippen LogP contribution is -2.15. The van der Waals surface area contributed by atoms with Gasteiger partial charge in [0.05, 0.1) is 5.92 Å². The van der Waals surface area contributed by atoms with E-state index in [0.717, 1.165) is 25.1 Å². The SMILES string of the molecule is O=C(O)C1CCCn2c(cc3ccccc32)C1. The number of aromatic nitrogens is 1. The first-order chi connectivity index (χ1) is 8.25. The summed E-state index contributed by atoms with van der Waals surface area (Å²) in [5.41, 5.74) is 2.39. The Bertz CT molecular complexity index is 571. The van der Waals surface area contributed by atoms with Crippen LogP contribution < -0.4 is 0 Å². The number of aryl methyl sites for hydroxylation is 1. The highest BCUT2D eigenvalue weighted by molar-refractivity contribution is 5.81. The Morgan fingerprint density at radius 1 is 1.35 bits per heavy atom. The standard InChI is InChI=1S/C14H15NO2/c16-14(17)11-5-3-7-15-12(9-11)8-10-4-1-2-6-13(10)15/h1-2,4,6,8,11H,3,5,7,9H2,(H,16,17). The molecule has 1 aliphatic rings. The minimum atomic E-state index is -0.663. The molecule has 1 aromatic carbocycles. The number of para-hydroxylation sites is 1. The number of hydrogen-bond acceptors (Lipinski definition) is 1. The van der Waals surface area contributed by atoms with Crippen molar-refractivity contribution < 1.29 is 9.90 Å². The summed E-state index contributed by atoms with van der Waals surface area (Å²) in [6, 6.07) is 10.4. The highest BCUT2D eigenvalue weighted by atomic mass is 16.4. The van der Waals surface area contributed by atoms with Crippen molar-refractivity contribution >= 4 is 16.9 Å². The van der Waals surface area contributed by atoms with E-state index in [-0.39, 0.29) is 5.92 Å². The minimum Gasteiger partial charge on any atom is -0.481 e. The molecular formula is C14H15NO2. The lowest BCUT2D eigenvalue weighted by atomic mass is 9.99. The van der Waals surface area contributed by atoms with Gasteiger partial charge in [-0.2, -0.15) is 0 Å². The van der Waals surface area contributed by atoms with E-state index >= 15 is 0 Å². The molecule has 0 bridgehead atoms. The summed E-state index contributed by atoms with van der Waals surface area (Å²) in [5, 5.41) is 10.4. The number of carbonyl (C=O) groups is 1. The zero-order chi connectivity index (χ0) is 11.8. The van der Waals surface area contributed by atoms with Gasteiger partial charge < -0.3 is 9.67 Å². The Labute approximate surface area is 99.7 Å². The first-order valence-corrected chi connectivity index (χ1v) is 6.05. The summed E-state index contributed by atoms with van der Waals surface area (Å²) in [4.78, 5) is 11.1. The molecule has 2 aromatic rings. The third-order valence-corrected chi connectivity index (χ3v) is 3.64. The maximum atomic E-state index is 11.1. The molecular weight excluding hydrogens is 214 g/mol. The van der Waals surface area contributed by atoms with E-state index in [0.29, 0.717) is 6.42 Å². The number of carboxylic acids is 1. The minimum absolute atomic E-state index is 0.222. The number of hydrogen-bond donors (Lipinski definition) is 1. The van der Waals surface area contributed by atoms with Crippen LogP contribution in [0.2, 0.25) is 0 Å². The molecule has 0 spiro atoms. The van der Waals surface area contributed by atoms with Gasteiger partial charge in [-0.3, -0.25) is 4.79 Å². The van der Waals surface area contributed by atoms with E-state index < -0.39 is 5.97 Å². The molecule has 1 aliphatic heterocycles. The van der Waals surface area contributed by atoms with Crippen molar-refractivity contribution in [1.82, 2.24) is 4.57 Å². The van der Waals surface area contributed by atoms with Crippen molar-refractivity contribution in [2.75, 3.05) is 0 Å². The fourth-order valence-corrected chi connectivity index (χ4v) is 2.76. The van der Waals surface area contributed by atoms with Crippen LogP contribution in [0.25, 0.3) is 10.9 Å². The first kappa shape index (κ1) is 10.4. The second-order valence-electron chi connectivity index (χ2n) is 4.73. The molecule has 88 valence electrons. The monoisotopic (exact) mass is 229 g/mol. The van der Waals surface area contributed by atoms with E-state index in [4.69, 9.17) is 5.11 Å². The van der Waals surface area contributed by atoms with Crippen LogP contribution >= 0.6 is 0 Å². The Balaban J connectivity index is 2.09. The Hall–Kier alpha value is -1.77. The second kappa shape index (κ2) is 3.91. The smallest absolute Gasteiger partial charge is 0.306 e. The fourth-order valence-electron chi connectivity index (χ4n) is 2.76. The molecule has 3 rings (SSSR count). The third kappa shape index (κ3) is 1.71. The average molecular weight is 229 g/mol. The first-order valence-electron chi connectivity index (χ1n) is 6.05. The van der Waals surface area contributed by atoms with Gasteiger partial charge in [0.1, 0.15) is 0 Å². The predicted molar refractivity (Wildman–Crippen MR) is 66.0 cm³/mol. The van der Waals surface area contributed by atoms with Gasteiger partial charge in [-0.05, 0) is 30.4 Å². The molecule has 3 heteroatoms. The van der Waals surface area contributed by atoms with Crippen LogP contribution in [0.3, 0.4) is 0 Å². The van der Waals surface area contributed by atoms with Crippen molar-refractivity contribution in [1.29, 1.82) is 0 Å². The molecule has 0 aliphatic carbocycles. The fraction of sp³-hybridized carbons (Fsp3) is 0.357.